The topological polar surface area (TPSA) is 47.9 Å². The predicted molar refractivity (Wildman–Crippen MR) is 59.8 cm³/mol. The lowest BCUT2D eigenvalue weighted by Gasteiger charge is -2.04. The minimum Gasteiger partial charge on any atom is -0.476 e. The fraction of sp³-hybridized carbons (Fsp3) is 0.333. The lowest BCUT2D eigenvalue weighted by Crippen LogP contribution is -2.06. The standard InChI is InChI=1S/C12H13NO3/c1-2-15-12(14)10-5-3-9(4-6-10)11-13-7-8-16-11/h3-6H,2,7-8H2,1H3. The number of ether oxygens (including phenoxy) is 2. The maximum absolute atomic E-state index is 11.4. The van der Waals surface area contributed by atoms with Crippen molar-refractivity contribution in [3.05, 3.63) is 35.4 Å². The third-order valence-electron chi connectivity index (χ3n) is 2.23. The Labute approximate surface area is 93.9 Å². The largest absolute Gasteiger partial charge is 0.476 e. The van der Waals surface area contributed by atoms with Crippen LogP contribution in [0.4, 0.5) is 0 Å². The summed E-state index contributed by atoms with van der Waals surface area (Å²) in [5.74, 6) is 0.346. The number of nitrogens with zero attached hydrogens (tertiary/aromatic N) is 1. The van der Waals surface area contributed by atoms with Crippen LogP contribution in [0.5, 0.6) is 0 Å². The smallest absolute Gasteiger partial charge is 0.338 e. The Balaban J connectivity index is 2.13. The monoisotopic (exact) mass is 219 g/mol. The molecule has 1 aromatic rings. The molecule has 0 atom stereocenters. The Morgan fingerprint density at radius 1 is 1.44 bits per heavy atom. The first-order valence-electron chi connectivity index (χ1n) is 5.26. The van der Waals surface area contributed by atoms with Crippen LogP contribution in [0.3, 0.4) is 0 Å². The molecule has 0 saturated heterocycles. The predicted octanol–water partition coefficient (Wildman–Crippen LogP) is 1.64. The minimum absolute atomic E-state index is 0.302. The van der Waals surface area contributed by atoms with E-state index in [0.717, 1.165) is 5.56 Å². The second kappa shape index (κ2) is 4.79. The Kier molecular flexibility index (Phi) is 3.19. The number of esters is 1. The zero-order valence-electron chi connectivity index (χ0n) is 9.10. The van der Waals surface area contributed by atoms with E-state index in [-0.39, 0.29) is 5.97 Å². The highest BCUT2D eigenvalue weighted by molar-refractivity contribution is 5.96. The van der Waals surface area contributed by atoms with Gasteiger partial charge in [-0.25, -0.2) is 9.79 Å². The normalized spacial score (nSPS) is 14.2. The first-order valence-corrected chi connectivity index (χ1v) is 5.26. The lowest BCUT2D eigenvalue weighted by molar-refractivity contribution is 0.0526. The van der Waals surface area contributed by atoms with Crippen molar-refractivity contribution in [1.29, 1.82) is 0 Å². The van der Waals surface area contributed by atoms with Crippen LogP contribution in [-0.4, -0.2) is 31.6 Å². The molecule has 0 saturated carbocycles. The third kappa shape index (κ3) is 2.21. The molecule has 0 fully saturated rings. The summed E-state index contributed by atoms with van der Waals surface area (Å²) in [5, 5.41) is 0. The highest BCUT2D eigenvalue weighted by atomic mass is 16.5. The Hall–Kier alpha value is -1.84. The summed E-state index contributed by atoms with van der Waals surface area (Å²) in [6.45, 7) is 3.51. The third-order valence-corrected chi connectivity index (χ3v) is 2.23. The van der Waals surface area contributed by atoms with Crippen molar-refractivity contribution in [2.45, 2.75) is 6.92 Å². The number of hydrogen-bond acceptors (Lipinski definition) is 4. The SMILES string of the molecule is CCOC(=O)c1ccc(C2=NCCO2)cc1. The number of benzene rings is 1. The minimum atomic E-state index is -0.302. The van der Waals surface area contributed by atoms with Crippen molar-refractivity contribution in [1.82, 2.24) is 0 Å². The molecule has 0 unspecified atom stereocenters. The van der Waals surface area contributed by atoms with Gasteiger partial charge < -0.3 is 9.47 Å². The number of carbonyl (C=O) groups is 1. The van der Waals surface area contributed by atoms with Crippen molar-refractivity contribution in [3.63, 3.8) is 0 Å². The molecule has 0 amide bonds. The number of carbonyl (C=O) groups excluding carboxylic acids is 1. The maximum atomic E-state index is 11.4. The Bertz CT molecular complexity index is 409. The second-order valence-electron chi connectivity index (χ2n) is 3.33. The maximum Gasteiger partial charge on any atom is 0.338 e. The highest BCUT2D eigenvalue weighted by Gasteiger charge is 2.11. The quantitative estimate of drug-likeness (QED) is 0.726. The molecule has 0 spiro atoms. The molecule has 0 aromatic heterocycles. The van der Waals surface area contributed by atoms with Crippen LogP contribution >= 0.6 is 0 Å². The molecular formula is C12H13NO3. The van der Waals surface area contributed by atoms with Crippen molar-refractivity contribution in [2.24, 2.45) is 4.99 Å². The van der Waals surface area contributed by atoms with Gasteiger partial charge in [-0.2, -0.15) is 0 Å². The number of rotatable bonds is 3. The van der Waals surface area contributed by atoms with E-state index in [2.05, 4.69) is 4.99 Å². The molecule has 0 bridgehead atoms. The molecule has 84 valence electrons. The molecule has 16 heavy (non-hydrogen) atoms. The van der Waals surface area contributed by atoms with Gasteiger partial charge in [-0.1, -0.05) is 0 Å². The van der Waals surface area contributed by atoms with E-state index < -0.39 is 0 Å². The van der Waals surface area contributed by atoms with Crippen LogP contribution in [0.1, 0.15) is 22.8 Å². The van der Waals surface area contributed by atoms with Crippen LogP contribution in [0.15, 0.2) is 29.3 Å². The van der Waals surface area contributed by atoms with Crippen LogP contribution < -0.4 is 0 Å². The fourth-order valence-electron chi connectivity index (χ4n) is 1.47. The van der Waals surface area contributed by atoms with Crippen LogP contribution in [0.25, 0.3) is 0 Å². The van der Waals surface area contributed by atoms with Crippen molar-refractivity contribution < 1.29 is 14.3 Å². The van der Waals surface area contributed by atoms with Crippen LogP contribution in [0.2, 0.25) is 0 Å². The molecule has 4 nitrogen and oxygen atoms in total. The highest BCUT2D eigenvalue weighted by Crippen LogP contribution is 2.10. The van der Waals surface area contributed by atoms with E-state index in [1.54, 1.807) is 19.1 Å². The van der Waals surface area contributed by atoms with Gasteiger partial charge in [0.2, 0.25) is 5.90 Å². The zero-order valence-corrected chi connectivity index (χ0v) is 9.10. The molecular weight excluding hydrogens is 206 g/mol. The van der Waals surface area contributed by atoms with E-state index in [1.807, 2.05) is 12.1 Å². The summed E-state index contributed by atoms with van der Waals surface area (Å²) >= 11 is 0. The summed E-state index contributed by atoms with van der Waals surface area (Å²) in [4.78, 5) is 15.6. The summed E-state index contributed by atoms with van der Waals surface area (Å²) in [5.41, 5.74) is 1.44. The van der Waals surface area contributed by atoms with Crippen LogP contribution in [0, 0.1) is 0 Å². The molecule has 4 heteroatoms. The average Bonchev–Trinajstić information content (AvgIpc) is 2.83. The molecule has 0 radical (unpaired) electrons. The van der Waals surface area contributed by atoms with E-state index in [4.69, 9.17) is 9.47 Å². The van der Waals surface area contributed by atoms with E-state index >= 15 is 0 Å². The Morgan fingerprint density at radius 3 is 2.75 bits per heavy atom. The van der Waals surface area contributed by atoms with Gasteiger partial charge in [0.15, 0.2) is 0 Å². The molecule has 1 heterocycles. The molecule has 2 rings (SSSR count). The first-order chi connectivity index (χ1) is 7.81. The Morgan fingerprint density at radius 2 is 2.19 bits per heavy atom. The number of aliphatic imine (C=N–C) groups is 1. The first kappa shape index (κ1) is 10.7. The molecule has 0 N–H and O–H groups in total. The second-order valence-corrected chi connectivity index (χ2v) is 3.33. The lowest BCUT2D eigenvalue weighted by atomic mass is 10.1. The van der Waals surface area contributed by atoms with Gasteiger partial charge in [0.05, 0.1) is 18.7 Å². The van der Waals surface area contributed by atoms with Gasteiger partial charge in [0, 0.05) is 5.56 Å². The summed E-state index contributed by atoms with van der Waals surface area (Å²) < 4.78 is 10.2. The van der Waals surface area contributed by atoms with Crippen molar-refractivity contribution in [2.75, 3.05) is 19.8 Å². The van der Waals surface area contributed by atoms with Crippen LogP contribution in [-0.2, 0) is 9.47 Å². The van der Waals surface area contributed by atoms with Crippen molar-refractivity contribution in [3.8, 4) is 0 Å². The molecule has 1 aliphatic heterocycles. The van der Waals surface area contributed by atoms with Gasteiger partial charge in [0.25, 0.3) is 0 Å². The van der Waals surface area contributed by atoms with Gasteiger partial charge in [-0.05, 0) is 31.2 Å². The summed E-state index contributed by atoms with van der Waals surface area (Å²) in [6.07, 6.45) is 0. The van der Waals surface area contributed by atoms with E-state index in [9.17, 15) is 4.79 Å². The number of hydrogen-bond donors (Lipinski definition) is 0. The van der Waals surface area contributed by atoms with Crippen molar-refractivity contribution >= 4 is 11.9 Å². The summed E-state index contributed by atoms with van der Waals surface area (Å²) in [7, 11) is 0. The van der Waals surface area contributed by atoms with E-state index in [0.29, 0.717) is 31.2 Å². The molecule has 0 aliphatic carbocycles. The zero-order chi connectivity index (χ0) is 11.4. The van der Waals surface area contributed by atoms with Gasteiger partial charge in [-0.15, -0.1) is 0 Å². The van der Waals surface area contributed by atoms with Gasteiger partial charge >= 0.3 is 5.97 Å². The van der Waals surface area contributed by atoms with E-state index in [1.165, 1.54) is 0 Å². The molecule has 1 aromatic carbocycles. The molecule has 1 aliphatic rings. The fourth-order valence-corrected chi connectivity index (χ4v) is 1.47. The average molecular weight is 219 g/mol. The van der Waals surface area contributed by atoms with Gasteiger partial charge in [-0.3, -0.25) is 0 Å². The summed E-state index contributed by atoms with van der Waals surface area (Å²) in [6, 6.07) is 7.07. The van der Waals surface area contributed by atoms with Gasteiger partial charge in [0.1, 0.15) is 6.61 Å².